The lowest BCUT2D eigenvalue weighted by atomic mass is 10.3. The van der Waals surface area contributed by atoms with Crippen LogP contribution in [0.4, 0.5) is 5.82 Å². The molecule has 0 fully saturated rings. The van der Waals surface area contributed by atoms with Gasteiger partial charge in [0.1, 0.15) is 5.82 Å². The zero-order valence-electron chi connectivity index (χ0n) is 7.70. The number of anilines is 1. The third-order valence-corrected chi connectivity index (χ3v) is 1.62. The van der Waals surface area contributed by atoms with E-state index in [9.17, 15) is 4.79 Å². The van der Waals surface area contributed by atoms with E-state index in [4.69, 9.17) is 0 Å². The molecule has 0 spiro atoms. The molecule has 0 amide bonds. The minimum Gasteiger partial charge on any atom is -0.469 e. The molecule has 0 aliphatic rings. The van der Waals surface area contributed by atoms with Crippen LogP contribution in [0.3, 0.4) is 0 Å². The molecule has 4 nitrogen and oxygen atoms in total. The topological polar surface area (TPSA) is 51.2 Å². The van der Waals surface area contributed by atoms with Gasteiger partial charge in [-0.2, -0.15) is 0 Å². The first kappa shape index (κ1) is 9.51. The average molecular weight is 180 g/mol. The van der Waals surface area contributed by atoms with Crippen LogP contribution in [0.15, 0.2) is 18.2 Å². The predicted molar refractivity (Wildman–Crippen MR) is 49.5 cm³/mol. The maximum absolute atomic E-state index is 10.9. The van der Waals surface area contributed by atoms with Crippen LogP contribution in [0.2, 0.25) is 0 Å². The second-order valence-electron chi connectivity index (χ2n) is 2.52. The molecular weight excluding hydrogens is 168 g/mol. The molecule has 70 valence electrons. The average Bonchev–Trinajstić information content (AvgIpc) is 2.18. The lowest BCUT2D eigenvalue weighted by Crippen LogP contribution is -2.06. The van der Waals surface area contributed by atoms with E-state index in [-0.39, 0.29) is 12.4 Å². The minimum atomic E-state index is -0.277. The van der Waals surface area contributed by atoms with Crippen LogP contribution in [0, 0.1) is 0 Å². The number of hydrogen-bond acceptors (Lipinski definition) is 4. The van der Waals surface area contributed by atoms with Gasteiger partial charge in [-0.1, -0.05) is 6.07 Å². The molecule has 1 rings (SSSR count). The van der Waals surface area contributed by atoms with Crippen molar-refractivity contribution in [3.05, 3.63) is 23.9 Å². The van der Waals surface area contributed by atoms with Crippen molar-refractivity contribution in [2.75, 3.05) is 19.5 Å². The Kier molecular flexibility index (Phi) is 3.25. The van der Waals surface area contributed by atoms with Crippen molar-refractivity contribution >= 4 is 11.8 Å². The first-order valence-electron chi connectivity index (χ1n) is 3.96. The third kappa shape index (κ3) is 2.74. The molecule has 13 heavy (non-hydrogen) atoms. The Morgan fingerprint density at radius 1 is 1.62 bits per heavy atom. The zero-order valence-corrected chi connectivity index (χ0v) is 7.70. The maximum Gasteiger partial charge on any atom is 0.311 e. The first-order chi connectivity index (χ1) is 6.26. The molecule has 1 heterocycles. The molecule has 1 N–H and O–H groups in total. The molecule has 0 aliphatic carbocycles. The summed E-state index contributed by atoms with van der Waals surface area (Å²) in [6.45, 7) is 0. The fraction of sp³-hybridized carbons (Fsp3) is 0.333. The van der Waals surface area contributed by atoms with Gasteiger partial charge in [-0.15, -0.1) is 0 Å². The van der Waals surface area contributed by atoms with Gasteiger partial charge in [0.05, 0.1) is 19.2 Å². The molecule has 0 aliphatic heterocycles. The summed E-state index contributed by atoms with van der Waals surface area (Å²) in [5.74, 6) is 0.474. The molecule has 0 atom stereocenters. The highest BCUT2D eigenvalue weighted by Gasteiger charge is 2.03. The molecule has 0 bridgehead atoms. The number of pyridine rings is 1. The van der Waals surface area contributed by atoms with Crippen molar-refractivity contribution in [3.63, 3.8) is 0 Å². The van der Waals surface area contributed by atoms with E-state index in [1.165, 1.54) is 7.11 Å². The number of nitrogens with zero attached hydrogens (tertiary/aromatic N) is 1. The van der Waals surface area contributed by atoms with E-state index >= 15 is 0 Å². The maximum atomic E-state index is 10.9. The Bertz CT molecular complexity index is 299. The minimum absolute atomic E-state index is 0.214. The number of methoxy groups -OCH3 is 1. The largest absolute Gasteiger partial charge is 0.469 e. The first-order valence-corrected chi connectivity index (χ1v) is 3.96. The summed E-state index contributed by atoms with van der Waals surface area (Å²) >= 11 is 0. The fourth-order valence-electron chi connectivity index (χ4n) is 0.937. The summed E-state index contributed by atoms with van der Waals surface area (Å²) in [5, 5.41) is 2.90. The highest BCUT2D eigenvalue weighted by atomic mass is 16.5. The SMILES string of the molecule is CNc1cccc(CC(=O)OC)n1. The van der Waals surface area contributed by atoms with Crippen LogP contribution in [-0.4, -0.2) is 25.1 Å². The van der Waals surface area contributed by atoms with E-state index in [1.807, 2.05) is 12.1 Å². The van der Waals surface area contributed by atoms with Crippen LogP contribution in [0.5, 0.6) is 0 Å². The number of esters is 1. The number of carbonyl (C=O) groups excluding carboxylic acids is 1. The Hall–Kier alpha value is -1.58. The van der Waals surface area contributed by atoms with Gasteiger partial charge in [-0.3, -0.25) is 4.79 Å². The summed E-state index contributed by atoms with van der Waals surface area (Å²) in [6, 6.07) is 5.47. The molecule has 1 aromatic rings. The normalized spacial score (nSPS) is 9.38. The van der Waals surface area contributed by atoms with Gasteiger partial charge in [-0.25, -0.2) is 4.98 Å². The summed E-state index contributed by atoms with van der Waals surface area (Å²) in [7, 11) is 3.15. The molecule has 0 unspecified atom stereocenters. The van der Waals surface area contributed by atoms with Crippen molar-refractivity contribution in [1.29, 1.82) is 0 Å². The lowest BCUT2D eigenvalue weighted by molar-refractivity contribution is -0.139. The van der Waals surface area contributed by atoms with E-state index in [2.05, 4.69) is 15.0 Å². The number of ether oxygens (including phenoxy) is 1. The van der Waals surface area contributed by atoms with Gasteiger partial charge < -0.3 is 10.1 Å². The Morgan fingerprint density at radius 3 is 3.00 bits per heavy atom. The highest BCUT2D eigenvalue weighted by Crippen LogP contribution is 2.04. The summed E-state index contributed by atoms with van der Waals surface area (Å²) < 4.78 is 4.53. The molecule has 0 saturated heterocycles. The third-order valence-electron chi connectivity index (χ3n) is 1.62. The second kappa shape index (κ2) is 4.45. The second-order valence-corrected chi connectivity index (χ2v) is 2.52. The van der Waals surface area contributed by atoms with Crippen LogP contribution < -0.4 is 5.32 Å². The summed E-state index contributed by atoms with van der Waals surface area (Å²) in [5.41, 5.74) is 0.707. The van der Waals surface area contributed by atoms with Gasteiger partial charge in [0, 0.05) is 7.05 Å². The molecule has 1 aromatic heterocycles. The Morgan fingerprint density at radius 2 is 2.38 bits per heavy atom. The van der Waals surface area contributed by atoms with E-state index < -0.39 is 0 Å². The molecule has 0 aromatic carbocycles. The predicted octanol–water partition coefficient (Wildman–Crippen LogP) is 0.839. The Labute approximate surface area is 76.9 Å². The number of hydrogen-bond donors (Lipinski definition) is 1. The van der Waals surface area contributed by atoms with Crippen molar-refractivity contribution in [2.45, 2.75) is 6.42 Å². The van der Waals surface area contributed by atoms with Crippen LogP contribution in [-0.2, 0) is 16.0 Å². The molecule has 0 saturated carbocycles. The number of rotatable bonds is 3. The van der Waals surface area contributed by atoms with Gasteiger partial charge >= 0.3 is 5.97 Å². The van der Waals surface area contributed by atoms with Crippen molar-refractivity contribution in [1.82, 2.24) is 4.98 Å². The van der Waals surface area contributed by atoms with E-state index in [0.29, 0.717) is 5.69 Å². The zero-order chi connectivity index (χ0) is 9.68. The van der Waals surface area contributed by atoms with E-state index in [0.717, 1.165) is 5.82 Å². The number of nitrogens with one attached hydrogen (secondary N) is 1. The summed E-state index contributed by atoms with van der Waals surface area (Å²) in [4.78, 5) is 15.1. The van der Waals surface area contributed by atoms with Gasteiger partial charge in [0.2, 0.25) is 0 Å². The quantitative estimate of drug-likeness (QED) is 0.700. The smallest absolute Gasteiger partial charge is 0.311 e. The fourth-order valence-corrected chi connectivity index (χ4v) is 0.937. The van der Waals surface area contributed by atoms with Crippen molar-refractivity contribution in [3.8, 4) is 0 Å². The standard InChI is InChI=1S/C9H12N2O2/c1-10-8-5-3-4-7(11-8)6-9(12)13-2/h3-5H,6H2,1-2H3,(H,10,11). The number of carbonyl (C=O) groups is 1. The van der Waals surface area contributed by atoms with Gasteiger partial charge in [-0.05, 0) is 12.1 Å². The number of aromatic nitrogens is 1. The molecular formula is C9H12N2O2. The van der Waals surface area contributed by atoms with Crippen LogP contribution in [0.25, 0.3) is 0 Å². The molecule has 0 radical (unpaired) electrons. The van der Waals surface area contributed by atoms with E-state index in [1.54, 1.807) is 13.1 Å². The summed E-state index contributed by atoms with van der Waals surface area (Å²) in [6.07, 6.45) is 0.214. The van der Waals surface area contributed by atoms with Crippen LogP contribution >= 0.6 is 0 Å². The monoisotopic (exact) mass is 180 g/mol. The van der Waals surface area contributed by atoms with Crippen molar-refractivity contribution in [2.24, 2.45) is 0 Å². The van der Waals surface area contributed by atoms with Gasteiger partial charge in [0.25, 0.3) is 0 Å². The van der Waals surface area contributed by atoms with Crippen molar-refractivity contribution < 1.29 is 9.53 Å². The Balaban J connectivity index is 2.71. The van der Waals surface area contributed by atoms with Gasteiger partial charge in [0.15, 0.2) is 0 Å². The lowest BCUT2D eigenvalue weighted by Gasteiger charge is -2.02. The van der Waals surface area contributed by atoms with Crippen LogP contribution in [0.1, 0.15) is 5.69 Å². The highest BCUT2D eigenvalue weighted by molar-refractivity contribution is 5.71. The molecule has 4 heteroatoms.